The van der Waals surface area contributed by atoms with Gasteiger partial charge in [0.15, 0.2) is 0 Å². The van der Waals surface area contributed by atoms with Crippen LogP contribution < -0.4 is 5.73 Å². The number of hydrogen-bond donors (Lipinski definition) is 1. The smallest absolute Gasteiger partial charge is 0.0165 e. The predicted octanol–water partition coefficient (Wildman–Crippen LogP) is 0.361. The van der Waals surface area contributed by atoms with Gasteiger partial charge < -0.3 is 15.5 Å². The molecule has 78 valence electrons. The van der Waals surface area contributed by atoms with Crippen molar-refractivity contribution in [3.8, 4) is 0 Å². The minimum absolute atomic E-state index is 0.364. The first kappa shape index (κ1) is 11.0. The molecule has 0 bridgehead atoms. The van der Waals surface area contributed by atoms with Crippen LogP contribution in [0.25, 0.3) is 0 Å². The van der Waals surface area contributed by atoms with Gasteiger partial charge in [0.25, 0.3) is 0 Å². The van der Waals surface area contributed by atoms with E-state index in [1.165, 1.54) is 32.6 Å². The maximum Gasteiger partial charge on any atom is 0.0165 e. The van der Waals surface area contributed by atoms with Crippen molar-refractivity contribution < 1.29 is 0 Å². The number of nitrogens with two attached hydrogens (primary N) is 1. The van der Waals surface area contributed by atoms with E-state index < -0.39 is 0 Å². The summed E-state index contributed by atoms with van der Waals surface area (Å²) in [6.45, 7) is 8.06. The summed E-state index contributed by atoms with van der Waals surface area (Å²) in [6, 6.07) is 0.364. The lowest BCUT2D eigenvalue weighted by Crippen LogP contribution is -2.39. The molecule has 0 aromatic heterocycles. The summed E-state index contributed by atoms with van der Waals surface area (Å²) in [5.41, 5.74) is 5.93. The average molecular weight is 185 g/mol. The van der Waals surface area contributed by atoms with Crippen LogP contribution in [-0.2, 0) is 0 Å². The molecule has 3 nitrogen and oxygen atoms in total. The first-order chi connectivity index (χ1) is 6.22. The second-order valence-corrected chi connectivity index (χ2v) is 4.13. The molecule has 1 fully saturated rings. The highest BCUT2D eigenvalue weighted by atomic mass is 15.2. The normalized spacial score (nSPS) is 24.2. The Bertz CT molecular complexity index is 138. The molecular weight excluding hydrogens is 162 g/mol. The molecule has 13 heavy (non-hydrogen) atoms. The lowest BCUT2D eigenvalue weighted by molar-refractivity contribution is 0.259. The Morgan fingerprint density at radius 1 is 1.23 bits per heavy atom. The van der Waals surface area contributed by atoms with Gasteiger partial charge in [0.05, 0.1) is 0 Å². The maximum absolute atomic E-state index is 5.93. The first-order valence-corrected chi connectivity index (χ1v) is 5.39. The van der Waals surface area contributed by atoms with Crippen LogP contribution in [0.3, 0.4) is 0 Å². The summed E-state index contributed by atoms with van der Waals surface area (Å²) in [5, 5.41) is 0. The van der Waals surface area contributed by atoms with Gasteiger partial charge in [-0.3, -0.25) is 0 Å². The molecule has 1 atom stereocenters. The van der Waals surface area contributed by atoms with Crippen LogP contribution in [0.2, 0.25) is 0 Å². The van der Waals surface area contributed by atoms with Crippen molar-refractivity contribution in [2.24, 2.45) is 5.73 Å². The monoisotopic (exact) mass is 185 g/mol. The van der Waals surface area contributed by atoms with Gasteiger partial charge in [0.1, 0.15) is 0 Å². The van der Waals surface area contributed by atoms with Gasteiger partial charge in [-0.25, -0.2) is 0 Å². The third-order valence-corrected chi connectivity index (χ3v) is 2.83. The molecule has 0 aliphatic carbocycles. The zero-order valence-corrected chi connectivity index (χ0v) is 9.00. The molecule has 0 aromatic rings. The molecule has 0 aromatic carbocycles. The van der Waals surface area contributed by atoms with E-state index in [-0.39, 0.29) is 0 Å². The van der Waals surface area contributed by atoms with Crippen molar-refractivity contribution >= 4 is 0 Å². The van der Waals surface area contributed by atoms with Gasteiger partial charge in [-0.05, 0) is 33.0 Å². The van der Waals surface area contributed by atoms with Crippen molar-refractivity contribution in [2.45, 2.75) is 25.8 Å². The molecule has 0 radical (unpaired) electrons. The van der Waals surface area contributed by atoms with Gasteiger partial charge in [-0.15, -0.1) is 0 Å². The van der Waals surface area contributed by atoms with Crippen LogP contribution in [0.4, 0.5) is 0 Å². The summed E-state index contributed by atoms with van der Waals surface area (Å²) in [7, 11) is 2.20. The highest BCUT2D eigenvalue weighted by Crippen LogP contribution is 2.02. The van der Waals surface area contributed by atoms with E-state index in [1.54, 1.807) is 0 Å². The van der Waals surface area contributed by atoms with E-state index in [2.05, 4.69) is 23.8 Å². The number of nitrogens with zero attached hydrogens (tertiary/aromatic N) is 2. The molecule has 1 aliphatic heterocycles. The molecule has 1 heterocycles. The van der Waals surface area contributed by atoms with Crippen LogP contribution in [0.15, 0.2) is 0 Å². The third kappa shape index (κ3) is 4.07. The Hall–Kier alpha value is -0.120. The van der Waals surface area contributed by atoms with Crippen molar-refractivity contribution in [1.29, 1.82) is 0 Å². The van der Waals surface area contributed by atoms with E-state index in [4.69, 9.17) is 5.73 Å². The number of hydrogen-bond acceptors (Lipinski definition) is 3. The average Bonchev–Trinajstić information content (AvgIpc) is 2.31. The van der Waals surface area contributed by atoms with Crippen LogP contribution >= 0.6 is 0 Å². The largest absolute Gasteiger partial charge is 0.327 e. The van der Waals surface area contributed by atoms with E-state index in [0.29, 0.717) is 6.04 Å². The van der Waals surface area contributed by atoms with Crippen molar-refractivity contribution in [1.82, 2.24) is 9.80 Å². The fraction of sp³-hybridized carbons (Fsp3) is 1.00. The highest BCUT2D eigenvalue weighted by Gasteiger charge is 2.13. The van der Waals surface area contributed by atoms with Crippen LogP contribution in [0.5, 0.6) is 0 Å². The zero-order chi connectivity index (χ0) is 9.68. The number of likely N-dealkylation sites (N-methyl/N-ethyl adjacent to an activating group) is 1. The Morgan fingerprint density at radius 3 is 2.69 bits per heavy atom. The molecule has 1 aliphatic rings. The fourth-order valence-electron chi connectivity index (χ4n) is 1.74. The third-order valence-electron chi connectivity index (χ3n) is 2.83. The van der Waals surface area contributed by atoms with Crippen molar-refractivity contribution in [3.05, 3.63) is 0 Å². The van der Waals surface area contributed by atoms with Gasteiger partial charge in [-0.1, -0.05) is 6.92 Å². The predicted molar refractivity (Wildman–Crippen MR) is 56.8 cm³/mol. The molecule has 0 spiro atoms. The van der Waals surface area contributed by atoms with E-state index in [9.17, 15) is 0 Å². The quantitative estimate of drug-likeness (QED) is 0.689. The Balaban J connectivity index is 2.25. The minimum Gasteiger partial charge on any atom is -0.327 e. The number of rotatable bonds is 3. The summed E-state index contributed by atoms with van der Waals surface area (Å²) in [6.07, 6.45) is 2.37. The van der Waals surface area contributed by atoms with Crippen LogP contribution in [-0.4, -0.2) is 55.6 Å². The summed E-state index contributed by atoms with van der Waals surface area (Å²) in [5.74, 6) is 0. The SMILES string of the molecule is CCC(N)CN1CCCN(C)CC1. The summed E-state index contributed by atoms with van der Waals surface area (Å²) >= 11 is 0. The van der Waals surface area contributed by atoms with Gasteiger partial charge in [0, 0.05) is 25.7 Å². The maximum atomic E-state index is 5.93. The second-order valence-electron chi connectivity index (χ2n) is 4.13. The second kappa shape index (κ2) is 5.58. The molecule has 0 amide bonds. The molecule has 1 saturated heterocycles. The summed E-state index contributed by atoms with van der Waals surface area (Å²) < 4.78 is 0. The van der Waals surface area contributed by atoms with Crippen molar-refractivity contribution in [2.75, 3.05) is 39.8 Å². The van der Waals surface area contributed by atoms with E-state index in [0.717, 1.165) is 13.0 Å². The standard InChI is InChI=1S/C10H23N3/c1-3-10(11)9-13-6-4-5-12(2)7-8-13/h10H,3-9,11H2,1-2H3. The Morgan fingerprint density at radius 2 is 2.00 bits per heavy atom. The minimum atomic E-state index is 0.364. The van der Waals surface area contributed by atoms with Crippen LogP contribution in [0.1, 0.15) is 19.8 Å². The lowest BCUT2D eigenvalue weighted by atomic mass is 10.2. The van der Waals surface area contributed by atoms with E-state index >= 15 is 0 Å². The summed E-state index contributed by atoms with van der Waals surface area (Å²) in [4.78, 5) is 4.90. The fourth-order valence-corrected chi connectivity index (χ4v) is 1.74. The molecule has 1 rings (SSSR count). The zero-order valence-electron chi connectivity index (χ0n) is 9.00. The molecular formula is C10H23N3. The lowest BCUT2D eigenvalue weighted by Gasteiger charge is -2.23. The Kier molecular flexibility index (Phi) is 4.70. The topological polar surface area (TPSA) is 32.5 Å². The molecule has 3 heteroatoms. The van der Waals surface area contributed by atoms with Gasteiger partial charge >= 0.3 is 0 Å². The van der Waals surface area contributed by atoms with Gasteiger partial charge in [0.2, 0.25) is 0 Å². The molecule has 2 N–H and O–H groups in total. The molecule has 1 unspecified atom stereocenters. The van der Waals surface area contributed by atoms with Crippen molar-refractivity contribution in [3.63, 3.8) is 0 Å². The highest BCUT2D eigenvalue weighted by molar-refractivity contribution is 4.71. The van der Waals surface area contributed by atoms with E-state index in [1.807, 2.05) is 0 Å². The molecule has 0 saturated carbocycles. The van der Waals surface area contributed by atoms with Gasteiger partial charge in [-0.2, -0.15) is 0 Å². The Labute approximate surface area is 81.9 Å². The first-order valence-electron chi connectivity index (χ1n) is 5.39. The van der Waals surface area contributed by atoms with Crippen LogP contribution in [0, 0.1) is 0 Å².